The van der Waals surface area contributed by atoms with Gasteiger partial charge in [-0.05, 0) is 62.8 Å². The maximum absolute atomic E-state index is 12.2. The molecule has 2 saturated carbocycles. The molecule has 4 nitrogen and oxygen atoms in total. The van der Waals surface area contributed by atoms with E-state index in [-0.39, 0.29) is 22.6 Å². The van der Waals surface area contributed by atoms with Gasteiger partial charge in [-0.15, -0.1) is 0 Å². The number of hydrogen-bond acceptors (Lipinski definition) is 2. The molecule has 2 aliphatic carbocycles. The number of amides is 2. The van der Waals surface area contributed by atoms with Gasteiger partial charge >= 0.3 is 0 Å². The van der Waals surface area contributed by atoms with Gasteiger partial charge in [-0.3, -0.25) is 9.59 Å². The minimum absolute atomic E-state index is 0.179. The summed E-state index contributed by atoms with van der Waals surface area (Å²) in [6.45, 7) is 4.19. The van der Waals surface area contributed by atoms with E-state index in [9.17, 15) is 9.59 Å². The van der Waals surface area contributed by atoms with Crippen LogP contribution in [0.2, 0.25) is 0 Å². The van der Waals surface area contributed by atoms with Gasteiger partial charge in [0.2, 0.25) is 11.8 Å². The Morgan fingerprint density at radius 3 is 1.42 bits per heavy atom. The monoisotopic (exact) mass is 416 g/mol. The van der Waals surface area contributed by atoms with E-state index in [1.165, 1.54) is 54.4 Å². The van der Waals surface area contributed by atoms with E-state index in [2.05, 4.69) is 48.7 Å². The Hall–Kier alpha value is -2.62. The molecule has 0 radical (unpaired) electrons. The number of rotatable bonds is 0. The van der Waals surface area contributed by atoms with Crippen LogP contribution in [0.1, 0.15) is 80.0 Å². The lowest BCUT2D eigenvalue weighted by molar-refractivity contribution is -0.122. The normalized spacial score (nSPS) is 21.9. The topological polar surface area (TPSA) is 58.2 Å². The van der Waals surface area contributed by atoms with Crippen LogP contribution < -0.4 is 10.6 Å². The fourth-order valence-electron chi connectivity index (χ4n) is 6.18. The van der Waals surface area contributed by atoms with Crippen molar-refractivity contribution in [1.29, 1.82) is 0 Å². The van der Waals surface area contributed by atoms with E-state index in [4.69, 9.17) is 0 Å². The Labute approximate surface area is 184 Å². The minimum atomic E-state index is -0.195. The SMILES string of the molecule is Cc1ccc2c(c1)C1(CCCC1)C(=O)N2.Cc1ccc2c(c1)C1(CCCCC1)C(=O)N2. The van der Waals surface area contributed by atoms with Crippen LogP contribution >= 0.6 is 0 Å². The fourth-order valence-corrected chi connectivity index (χ4v) is 6.18. The number of fused-ring (bicyclic) bond motifs is 4. The quantitative estimate of drug-likeness (QED) is 0.561. The molecule has 0 saturated heterocycles. The molecule has 2 heterocycles. The molecule has 2 amide bonds. The second-order valence-electron chi connectivity index (χ2n) is 9.94. The molecule has 0 unspecified atom stereocenters. The lowest BCUT2D eigenvalue weighted by Gasteiger charge is -2.31. The maximum Gasteiger partial charge on any atom is 0.235 e. The molecule has 2 aromatic rings. The average molecular weight is 417 g/mol. The summed E-state index contributed by atoms with van der Waals surface area (Å²) in [6.07, 6.45) is 10.1. The molecule has 0 bridgehead atoms. The van der Waals surface area contributed by atoms with Crippen LogP contribution in [0.25, 0.3) is 0 Å². The van der Waals surface area contributed by atoms with Crippen molar-refractivity contribution in [1.82, 2.24) is 0 Å². The molecule has 4 heteroatoms. The summed E-state index contributed by atoms with van der Waals surface area (Å²) in [5.41, 5.74) is 6.69. The smallest absolute Gasteiger partial charge is 0.235 e. The highest BCUT2D eigenvalue weighted by Crippen LogP contribution is 2.49. The first-order valence-corrected chi connectivity index (χ1v) is 11.8. The van der Waals surface area contributed by atoms with Gasteiger partial charge in [0.15, 0.2) is 0 Å². The zero-order chi connectivity index (χ0) is 21.6. The van der Waals surface area contributed by atoms with Gasteiger partial charge in [-0.2, -0.15) is 0 Å². The van der Waals surface area contributed by atoms with Crippen LogP contribution in [0.3, 0.4) is 0 Å². The molecular formula is C27H32N2O2. The molecule has 162 valence electrons. The largest absolute Gasteiger partial charge is 0.325 e. The van der Waals surface area contributed by atoms with Crippen LogP contribution in [0.5, 0.6) is 0 Å². The van der Waals surface area contributed by atoms with Crippen molar-refractivity contribution in [2.45, 2.75) is 82.5 Å². The number of benzene rings is 2. The van der Waals surface area contributed by atoms with Crippen molar-refractivity contribution in [3.8, 4) is 0 Å². The number of carbonyl (C=O) groups is 2. The summed E-state index contributed by atoms with van der Waals surface area (Å²) in [6, 6.07) is 12.6. The Kier molecular flexibility index (Phi) is 4.91. The van der Waals surface area contributed by atoms with Crippen molar-refractivity contribution in [2.75, 3.05) is 10.6 Å². The fraction of sp³-hybridized carbons (Fsp3) is 0.481. The molecule has 0 atom stereocenters. The van der Waals surface area contributed by atoms with E-state index in [0.29, 0.717) is 0 Å². The molecule has 0 aromatic heterocycles. The average Bonchev–Trinajstić information content (AvgIpc) is 3.43. The van der Waals surface area contributed by atoms with Gasteiger partial charge in [-0.25, -0.2) is 0 Å². The van der Waals surface area contributed by atoms with E-state index in [0.717, 1.165) is 37.1 Å². The van der Waals surface area contributed by atoms with Gasteiger partial charge in [-0.1, -0.05) is 67.5 Å². The zero-order valence-corrected chi connectivity index (χ0v) is 18.6. The Balaban J connectivity index is 0.000000132. The number of nitrogens with one attached hydrogen (secondary N) is 2. The van der Waals surface area contributed by atoms with Crippen LogP contribution in [0.15, 0.2) is 36.4 Å². The van der Waals surface area contributed by atoms with Crippen molar-refractivity contribution in [3.05, 3.63) is 58.7 Å². The van der Waals surface area contributed by atoms with E-state index in [1.54, 1.807) is 0 Å². The summed E-state index contributed by atoms with van der Waals surface area (Å²) >= 11 is 0. The molecule has 2 spiro atoms. The third kappa shape index (κ3) is 3.19. The van der Waals surface area contributed by atoms with Crippen molar-refractivity contribution >= 4 is 23.2 Å². The number of anilines is 2. The number of aryl methyl sites for hydroxylation is 2. The molecule has 2 aromatic carbocycles. The molecule has 31 heavy (non-hydrogen) atoms. The van der Waals surface area contributed by atoms with Gasteiger partial charge in [0.25, 0.3) is 0 Å². The maximum atomic E-state index is 12.2. The van der Waals surface area contributed by atoms with Gasteiger partial charge in [0, 0.05) is 11.4 Å². The molecular weight excluding hydrogens is 384 g/mol. The van der Waals surface area contributed by atoms with E-state index >= 15 is 0 Å². The third-order valence-corrected chi connectivity index (χ3v) is 7.91. The van der Waals surface area contributed by atoms with E-state index < -0.39 is 0 Å². The highest BCUT2D eigenvalue weighted by Gasteiger charge is 2.48. The number of hydrogen-bond donors (Lipinski definition) is 2. The highest BCUT2D eigenvalue weighted by molar-refractivity contribution is 6.07. The van der Waals surface area contributed by atoms with Gasteiger partial charge < -0.3 is 10.6 Å². The van der Waals surface area contributed by atoms with Crippen LogP contribution in [0, 0.1) is 13.8 Å². The molecule has 4 aliphatic rings. The second kappa shape index (κ2) is 7.51. The Morgan fingerprint density at radius 1 is 0.613 bits per heavy atom. The zero-order valence-electron chi connectivity index (χ0n) is 18.6. The second-order valence-corrected chi connectivity index (χ2v) is 9.94. The molecule has 6 rings (SSSR count). The summed E-state index contributed by atoms with van der Waals surface area (Å²) in [5, 5.41) is 6.06. The first kappa shape index (κ1) is 20.3. The van der Waals surface area contributed by atoms with Gasteiger partial charge in [0.05, 0.1) is 10.8 Å². The van der Waals surface area contributed by atoms with Gasteiger partial charge in [0.1, 0.15) is 0 Å². The third-order valence-electron chi connectivity index (χ3n) is 7.91. The lowest BCUT2D eigenvalue weighted by Crippen LogP contribution is -2.36. The molecule has 2 fully saturated rings. The molecule has 2 aliphatic heterocycles. The summed E-state index contributed by atoms with van der Waals surface area (Å²) in [5.74, 6) is 0.452. The number of carbonyl (C=O) groups excluding carboxylic acids is 2. The predicted molar refractivity (Wildman–Crippen MR) is 125 cm³/mol. The lowest BCUT2D eigenvalue weighted by atomic mass is 9.70. The van der Waals surface area contributed by atoms with Crippen LogP contribution in [-0.2, 0) is 20.4 Å². The Bertz CT molecular complexity index is 1040. The standard InChI is InChI=1S/C14H17NO.C13H15NO/c1-10-5-6-12-11(9-10)14(13(16)15-12)7-3-2-4-8-14;1-9-4-5-11-10(8-9)13(12(15)14-11)6-2-3-7-13/h5-6,9H,2-4,7-8H2,1H3,(H,15,16);4-5,8H,2-3,6-7H2,1H3,(H,14,15). The summed E-state index contributed by atoms with van der Waals surface area (Å²) < 4.78 is 0. The molecule has 2 N–H and O–H groups in total. The highest BCUT2D eigenvalue weighted by atomic mass is 16.2. The first-order chi connectivity index (χ1) is 14.9. The van der Waals surface area contributed by atoms with Crippen LogP contribution in [0.4, 0.5) is 11.4 Å². The van der Waals surface area contributed by atoms with Crippen LogP contribution in [-0.4, -0.2) is 11.8 Å². The summed E-state index contributed by atoms with van der Waals surface area (Å²) in [4.78, 5) is 24.3. The van der Waals surface area contributed by atoms with Crippen molar-refractivity contribution in [3.63, 3.8) is 0 Å². The summed E-state index contributed by atoms with van der Waals surface area (Å²) in [7, 11) is 0. The van der Waals surface area contributed by atoms with E-state index in [1.807, 2.05) is 12.1 Å². The van der Waals surface area contributed by atoms with Crippen molar-refractivity contribution < 1.29 is 9.59 Å². The Morgan fingerprint density at radius 2 is 1.00 bits per heavy atom. The predicted octanol–water partition coefficient (Wildman–Crippen LogP) is 5.91. The minimum Gasteiger partial charge on any atom is -0.325 e. The van der Waals surface area contributed by atoms with Crippen molar-refractivity contribution in [2.24, 2.45) is 0 Å². The first-order valence-electron chi connectivity index (χ1n) is 11.8.